The maximum atomic E-state index is 12.0. The van der Waals surface area contributed by atoms with Crippen molar-refractivity contribution in [3.05, 3.63) is 77.9 Å². The molecule has 2 N–H and O–H groups in total. The number of anilines is 1. The lowest BCUT2D eigenvalue weighted by Gasteiger charge is -2.09. The Morgan fingerprint density at radius 3 is 2.27 bits per heavy atom. The molecule has 0 aliphatic heterocycles. The van der Waals surface area contributed by atoms with Crippen LogP contribution >= 0.6 is 0 Å². The van der Waals surface area contributed by atoms with Crippen LogP contribution in [-0.2, 0) is 6.54 Å². The lowest BCUT2D eigenvalue weighted by Crippen LogP contribution is -2.29. The molecule has 5 nitrogen and oxygen atoms in total. The van der Waals surface area contributed by atoms with Crippen LogP contribution in [0.2, 0.25) is 0 Å². The van der Waals surface area contributed by atoms with Gasteiger partial charge in [0.05, 0.1) is 5.69 Å². The summed E-state index contributed by atoms with van der Waals surface area (Å²) in [6.45, 7) is 4.58. The third-order valence-corrected chi connectivity index (χ3v) is 3.84. The van der Waals surface area contributed by atoms with Gasteiger partial charge in [0.2, 0.25) is 0 Å². The van der Waals surface area contributed by atoms with Crippen molar-refractivity contribution in [2.45, 2.75) is 26.4 Å². The molecule has 0 fully saturated rings. The molecule has 0 aliphatic carbocycles. The van der Waals surface area contributed by atoms with Crippen LogP contribution < -0.4 is 10.6 Å². The van der Waals surface area contributed by atoms with E-state index in [2.05, 4.69) is 33.0 Å². The van der Waals surface area contributed by atoms with E-state index >= 15 is 0 Å². The Morgan fingerprint density at radius 1 is 0.923 bits per heavy atom. The summed E-state index contributed by atoms with van der Waals surface area (Å²) < 4.78 is 0. The topological polar surface area (TPSA) is 66.9 Å². The predicted molar refractivity (Wildman–Crippen MR) is 104 cm³/mol. The third-order valence-electron chi connectivity index (χ3n) is 3.84. The van der Waals surface area contributed by atoms with Gasteiger partial charge in [-0.2, -0.15) is 0 Å². The molecule has 0 bridgehead atoms. The average molecular weight is 346 g/mol. The molecule has 0 saturated carbocycles. The van der Waals surface area contributed by atoms with Gasteiger partial charge in [0.15, 0.2) is 0 Å². The number of nitrogens with zero attached hydrogens (tertiary/aromatic N) is 2. The molecular weight excluding hydrogens is 324 g/mol. The van der Waals surface area contributed by atoms with Crippen LogP contribution in [0.1, 0.15) is 29.8 Å². The van der Waals surface area contributed by atoms with Crippen LogP contribution in [-0.4, -0.2) is 22.1 Å². The standard InChI is InChI=1S/C21H22N4O/c1-15(2)23-21(26)18-10-8-17(9-11-18)19-12-13-20(25-24-19)22-14-16-6-4-3-5-7-16/h3-13,15H,14H2,1-2H3,(H,22,25)(H,23,26). The van der Waals surface area contributed by atoms with Gasteiger partial charge < -0.3 is 10.6 Å². The van der Waals surface area contributed by atoms with Crippen LogP contribution in [0.25, 0.3) is 11.3 Å². The summed E-state index contributed by atoms with van der Waals surface area (Å²) in [6.07, 6.45) is 0. The molecule has 1 heterocycles. The zero-order valence-electron chi connectivity index (χ0n) is 14.9. The smallest absolute Gasteiger partial charge is 0.251 e. The molecule has 5 heteroatoms. The number of carbonyl (C=O) groups excluding carboxylic acids is 1. The van der Waals surface area contributed by atoms with E-state index in [1.54, 1.807) is 12.1 Å². The molecule has 2 aromatic carbocycles. The molecule has 1 amide bonds. The molecule has 3 rings (SSSR count). The lowest BCUT2D eigenvalue weighted by molar-refractivity contribution is 0.0943. The van der Waals surface area contributed by atoms with Crippen LogP contribution in [0, 0.1) is 0 Å². The van der Waals surface area contributed by atoms with Crippen LogP contribution in [0.15, 0.2) is 66.7 Å². The third kappa shape index (κ3) is 4.66. The summed E-state index contributed by atoms with van der Waals surface area (Å²) in [5.41, 5.74) is 3.52. The quantitative estimate of drug-likeness (QED) is 0.710. The Balaban J connectivity index is 1.64. The normalized spacial score (nSPS) is 10.6. The molecule has 26 heavy (non-hydrogen) atoms. The number of benzene rings is 2. The van der Waals surface area contributed by atoms with Gasteiger partial charge in [0.1, 0.15) is 5.82 Å². The first kappa shape index (κ1) is 17.6. The Bertz CT molecular complexity index is 843. The highest BCUT2D eigenvalue weighted by Crippen LogP contribution is 2.18. The average Bonchev–Trinajstić information content (AvgIpc) is 2.67. The molecule has 0 radical (unpaired) electrons. The Labute approximate surface area is 153 Å². The minimum Gasteiger partial charge on any atom is -0.365 e. The summed E-state index contributed by atoms with van der Waals surface area (Å²) in [6, 6.07) is 21.5. The number of rotatable bonds is 6. The summed E-state index contributed by atoms with van der Waals surface area (Å²) >= 11 is 0. The monoisotopic (exact) mass is 346 g/mol. The number of amides is 1. The highest BCUT2D eigenvalue weighted by Gasteiger charge is 2.08. The number of nitrogens with one attached hydrogen (secondary N) is 2. The van der Waals surface area contributed by atoms with Crippen molar-refractivity contribution in [1.82, 2.24) is 15.5 Å². The van der Waals surface area contributed by atoms with E-state index in [-0.39, 0.29) is 11.9 Å². The number of hydrogen-bond acceptors (Lipinski definition) is 4. The van der Waals surface area contributed by atoms with Crippen molar-refractivity contribution >= 4 is 11.7 Å². The highest BCUT2D eigenvalue weighted by atomic mass is 16.1. The lowest BCUT2D eigenvalue weighted by atomic mass is 10.1. The van der Waals surface area contributed by atoms with Gasteiger partial charge in [-0.15, -0.1) is 10.2 Å². The minimum atomic E-state index is -0.0712. The number of carbonyl (C=O) groups is 1. The van der Waals surface area contributed by atoms with Gasteiger partial charge in [0.25, 0.3) is 5.91 Å². The van der Waals surface area contributed by atoms with Crippen molar-refractivity contribution in [3.63, 3.8) is 0 Å². The molecule has 0 saturated heterocycles. The van der Waals surface area contributed by atoms with E-state index in [0.717, 1.165) is 17.1 Å². The van der Waals surface area contributed by atoms with Gasteiger partial charge in [-0.3, -0.25) is 4.79 Å². The fourth-order valence-corrected chi connectivity index (χ4v) is 2.51. The van der Waals surface area contributed by atoms with Crippen molar-refractivity contribution < 1.29 is 4.79 Å². The van der Waals surface area contributed by atoms with Crippen LogP contribution in [0.3, 0.4) is 0 Å². The molecule has 1 aromatic heterocycles. The van der Waals surface area contributed by atoms with E-state index in [1.807, 2.05) is 56.3 Å². The molecule has 0 unspecified atom stereocenters. The van der Waals surface area contributed by atoms with Crippen molar-refractivity contribution in [3.8, 4) is 11.3 Å². The second kappa shape index (κ2) is 8.25. The van der Waals surface area contributed by atoms with Gasteiger partial charge in [0, 0.05) is 23.7 Å². The second-order valence-electron chi connectivity index (χ2n) is 6.35. The van der Waals surface area contributed by atoms with Crippen molar-refractivity contribution in [2.75, 3.05) is 5.32 Å². The highest BCUT2D eigenvalue weighted by molar-refractivity contribution is 5.94. The number of hydrogen-bond donors (Lipinski definition) is 2. The van der Waals surface area contributed by atoms with Gasteiger partial charge >= 0.3 is 0 Å². The molecule has 0 atom stereocenters. The van der Waals surface area contributed by atoms with E-state index in [1.165, 1.54) is 5.56 Å². The maximum absolute atomic E-state index is 12.0. The summed E-state index contributed by atoms with van der Waals surface area (Å²) in [7, 11) is 0. The van der Waals surface area contributed by atoms with Gasteiger partial charge in [-0.05, 0) is 43.7 Å². The Kier molecular flexibility index (Phi) is 5.59. The minimum absolute atomic E-state index is 0.0712. The molecular formula is C21H22N4O. The first-order chi connectivity index (χ1) is 12.6. The molecule has 0 spiro atoms. The SMILES string of the molecule is CC(C)NC(=O)c1ccc(-c2ccc(NCc3ccccc3)nn2)cc1. The summed E-state index contributed by atoms with van der Waals surface area (Å²) in [5.74, 6) is 0.656. The van der Waals surface area contributed by atoms with E-state index in [9.17, 15) is 4.79 Å². The first-order valence-corrected chi connectivity index (χ1v) is 8.64. The molecule has 0 aliphatic rings. The Hall–Kier alpha value is -3.21. The predicted octanol–water partition coefficient (Wildman–Crippen LogP) is 3.89. The second-order valence-corrected chi connectivity index (χ2v) is 6.35. The molecule has 132 valence electrons. The van der Waals surface area contributed by atoms with E-state index in [0.29, 0.717) is 12.1 Å². The number of aromatic nitrogens is 2. The fourth-order valence-electron chi connectivity index (χ4n) is 2.51. The van der Waals surface area contributed by atoms with Crippen molar-refractivity contribution in [1.29, 1.82) is 0 Å². The van der Waals surface area contributed by atoms with Gasteiger partial charge in [-0.1, -0.05) is 42.5 Å². The van der Waals surface area contributed by atoms with E-state index < -0.39 is 0 Å². The Morgan fingerprint density at radius 2 is 1.65 bits per heavy atom. The fraction of sp³-hybridized carbons (Fsp3) is 0.190. The van der Waals surface area contributed by atoms with Crippen LogP contribution in [0.4, 0.5) is 5.82 Å². The zero-order chi connectivity index (χ0) is 18.4. The van der Waals surface area contributed by atoms with Crippen molar-refractivity contribution in [2.24, 2.45) is 0 Å². The van der Waals surface area contributed by atoms with Crippen LogP contribution in [0.5, 0.6) is 0 Å². The summed E-state index contributed by atoms with van der Waals surface area (Å²) in [5, 5.41) is 14.6. The molecule has 3 aromatic rings. The largest absolute Gasteiger partial charge is 0.365 e. The van der Waals surface area contributed by atoms with Gasteiger partial charge in [-0.25, -0.2) is 0 Å². The first-order valence-electron chi connectivity index (χ1n) is 8.64. The van der Waals surface area contributed by atoms with E-state index in [4.69, 9.17) is 0 Å². The maximum Gasteiger partial charge on any atom is 0.251 e. The summed E-state index contributed by atoms with van der Waals surface area (Å²) in [4.78, 5) is 12.0. The zero-order valence-corrected chi connectivity index (χ0v) is 14.9.